The summed E-state index contributed by atoms with van der Waals surface area (Å²) in [7, 11) is 0. The molecule has 1 saturated heterocycles. The van der Waals surface area contributed by atoms with Crippen LogP contribution in [0.2, 0.25) is 0 Å². The van der Waals surface area contributed by atoms with Gasteiger partial charge in [0.05, 0.1) is 6.54 Å². The fourth-order valence-corrected chi connectivity index (χ4v) is 3.54. The molecule has 110 valence electrons. The molecular weight excluding hydrogens is 272 g/mol. The van der Waals surface area contributed by atoms with Gasteiger partial charge in [-0.1, -0.05) is 20.8 Å². The van der Waals surface area contributed by atoms with Crippen molar-refractivity contribution in [2.45, 2.75) is 52.7 Å². The van der Waals surface area contributed by atoms with E-state index >= 15 is 0 Å². The summed E-state index contributed by atoms with van der Waals surface area (Å²) in [6, 6.07) is 1.31. The highest BCUT2D eigenvalue weighted by molar-refractivity contribution is 7.10. The molecule has 2 atom stereocenters. The smallest absolute Gasteiger partial charge is 0.246 e. The molecule has 0 aromatic carbocycles. The number of carbonyl (C=O) groups excluding carboxylic acids is 2. The lowest BCUT2D eigenvalue weighted by molar-refractivity contribution is -0.152. The number of aryl methyl sites for hydroxylation is 1. The molecule has 0 saturated carbocycles. The van der Waals surface area contributed by atoms with Gasteiger partial charge in [-0.15, -0.1) is 11.3 Å². The summed E-state index contributed by atoms with van der Waals surface area (Å²) in [5.74, 6) is 0.122. The Labute approximate surface area is 124 Å². The summed E-state index contributed by atoms with van der Waals surface area (Å²) in [5, 5.41) is 4.87. The zero-order chi connectivity index (χ0) is 14.9. The minimum Gasteiger partial charge on any atom is -0.343 e. The van der Waals surface area contributed by atoms with Crippen molar-refractivity contribution < 1.29 is 9.59 Å². The fourth-order valence-electron chi connectivity index (χ4n) is 2.63. The number of carbonyl (C=O) groups is 2. The largest absolute Gasteiger partial charge is 0.343 e. The Hall–Kier alpha value is -1.36. The molecule has 0 bridgehead atoms. The van der Waals surface area contributed by atoms with Crippen molar-refractivity contribution in [2.24, 2.45) is 5.92 Å². The van der Waals surface area contributed by atoms with E-state index in [2.05, 4.69) is 11.4 Å². The first-order valence-electron chi connectivity index (χ1n) is 7.09. The van der Waals surface area contributed by atoms with Gasteiger partial charge in [0.2, 0.25) is 11.8 Å². The summed E-state index contributed by atoms with van der Waals surface area (Å²) in [5.41, 5.74) is 1.18. The summed E-state index contributed by atoms with van der Waals surface area (Å²) in [4.78, 5) is 27.8. The number of thiophene rings is 1. The normalized spacial score (nSPS) is 23.4. The van der Waals surface area contributed by atoms with Crippen LogP contribution in [-0.2, 0) is 16.1 Å². The fraction of sp³-hybridized carbons (Fsp3) is 0.600. The number of hydrogen-bond donors (Lipinski definition) is 1. The van der Waals surface area contributed by atoms with Crippen LogP contribution in [0, 0.1) is 12.8 Å². The number of amides is 2. The van der Waals surface area contributed by atoms with E-state index in [1.165, 1.54) is 5.56 Å². The lowest BCUT2D eigenvalue weighted by Crippen LogP contribution is -2.64. The van der Waals surface area contributed by atoms with Crippen LogP contribution in [0.4, 0.5) is 0 Å². The third-order valence-corrected chi connectivity index (χ3v) is 4.83. The van der Waals surface area contributed by atoms with Crippen LogP contribution in [0.25, 0.3) is 0 Å². The van der Waals surface area contributed by atoms with Gasteiger partial charge >= 0.3 is 0 Å². The maximum atomic E-state index is 12.6. The zero-order valence-corrected chi connectivity index (χ0v) is 13.3. The van der Waals surface area contributed by atoms with E-state index < -0.39 is 0 Å². The van der Waals surface area contributed by atoms with Gasteiger partial charge in [-0.2, -0.15) is 0 Å². The van der Waals surface area contributed by atoms with E-state index in [1.54, 1.807) is 16.2 Å². The van der Waals surface area contributed by atoms with Gasteiger partial charge in [-0.3, -0.25) is 9.59 Å². The average Bonchev–Trinajstić information content (AvgIpc) is 2.78. The van der Waals surface area contributed by atoms with Crippen molar-refractivity contribution in [3.05, 3.63) is 21.9 Å². The molecule has 0 spiro atoms. The van der Waals surface area contributed by atoms with Gasteiger partial charge in [-0.25, -0.2) is 0 Å². The van der Waals surface area contributed by atoms with Crippen molar-refractivity contribution in [3.8, 4) is 0 Å². The number of nitrogens with zero attached hydrogens (tertiary/aromatic N) is 1. The molecule has 4 nitrogen and oxygen atoms in total. The van der Waals surface area contributed by atoms with Crippen molar-refractivity contribution >= 4 is 23.2 Å². The van der Waals surface area contributed by atoms with Crippen LogP contribution in [0.15, 0.2) is 11.4 Å². The van der Waals surface area contributed by atoms with Crippen molar-refractivity contribution in [2.75, 3.05) is 0 Å². The summed E-state index contributed by atoms with van der Waals surface area (Å²) in [6.07, 6.45) is 0.634. The maximum Gasteiger partial charge on any atom is 0.246 e. The Morgan fingerprint density at radius 3 is 2.60 bits per heavy atom. The molecule has 5 heteroatoms. The highest BCUT2D eigenvalue weighted by atomic mass is 32.1. The molecule has 1 aliphatic heterocycles. The molecule has 1 aliphatic rings. The SMILES string of the molecule is CCC1NC(=O)C(C(C)C)N(Cc2sccc2C)C1=O. The first-order chi connectivity index (χ1) is 9.45. The van der Waals surface area contributed by atoms with E-state index in [1.807, 2.05) is 33.1 Å². The van der Waals surface area contributed by atoms with Crippen LogP contribution in [0.3, 0.4) is 0 Å². The minimum atomic E-state index is -0.377. The van der Waals surface area contributed by atoms with Crippen molar-refractivity contribution in [3.63, 3.8) is 0 Å². The quantitative estimate of drug-likeness (QED) is 0.926. The molecule has 0 radical (unpaired) electrons. The molecule has 2 rings (SSSR count). The molecular formula is C15H22N2O2S. The molecule has 1 aromatic heterocycles. The number of rotatable bonds is 4. The molecule has 2 unspecified atom stereocenters. The monoisotopic (exact) mass is 294 g/mol. The van der Waals surface area contributed by atoms with Gasteiger partial charge in [0.15, 0.2) is 0 Å². The standard InChI is InChI=1S/C15H22N2O2S/c1-5-11-15(19)17(8-12-10(4)6-7-20-12)13(9(2)3)14(18)16-11/h6-7,9,11,13H,5,8H2,1-4H3,(H,16,18). The second kappa shape index (κ2) is 5.95. The highest BCUT2D eigenvalue weighted by Gasteiger charge is 2.41. The summed E-state index contributed by atoms with van der Waals surface area (Å²) >= 11 is 1.64. The Balaban J connectivity index is 2.29. The predicted octanol–water partition coefficient (Wildman–Crippen LogP) is 2.32. The van der Waals surface area contributed by atoms with Crippen LogP contribution >= 0.6 is 11.3 Å². The molecule has 20 heavy (non-hydrogen) atoms. The van der Waals surface area contributed by atoms with Gasteiger partial charge in [0.1, 0.15) is 12.1 Å². The Kier molecular flexibility index (Phi) is 4.48. The van der Waals surface area contributed by atoms with Gasteiger partial charge in [0.25, 0.3) is 0 Å². The maximum absolute atomic E-state index is 12.6. The second-order valence-electron chi connectivity index (χ2n) is 5.65. The van der Waals surface area contributed by atoms with E-state index in [-0.39, 0.29) is 29.8 Å². The zero-order valence-electron chi connectivity index (χ0n) is 12.5. The third-order valence-electron chi connectivity index (χ3n) is 3.82. The van der Waals surface area contributed by atoms with E-state index in [0.29, 0.717) is 13.0 Å². The molecule has 1 fully saturated rings. The lowest BCUT2D eigenvalue weighted by atomic mass is 9.96. The van der Waals surface area contributed by atoms with Crippen LogP contribution < -0.4 is 5.32 Å². The highest BCUT2D eigenvalue weighted by Crippen LogP contribution is 2.25. The second-order valence-corrected chi connectivity index (χ2v) is 6.65. The van der Waals surface area contributed by atoms with Gasteiger partial charge < -0.3 is 10.2 Å². The van der Waals surface area contributed by atoms with Crippen LogP contribution in [0.1, 0.15) is 37.6 Å². The lowest BCUT2D eigenvalue weighted by Gasteiger charge is -2.40. The van der Waals surface area contributed by atoms with Crippen molar-refractivity contribution in [1.29, 1.82) is 0 Å². The van der Waals surface area contributed by atoms with Crippen LogP contribution in [-0.4, -0.2) is 28.8 Å². The number of hydrogen-bond acceptors (Lipinski definition) is 3. The van der Waals surface area contributed by atoms with Gasteiger partial charge in [0, 0.05) is 4.88 Å². The minimum absolute atomic E-state index is 0.0272. The topological polar surface area (TPSA) is 49.4 Å². The molecule has 2 amide bonds. The van der Waals surface area contributed by atoms with Crippen molar-refractivity contribution in [1.82, 2.24) is 10.2 Å². The average molecular weight is 294 g/mol. The Morgan fingerprint density at radius 2 is 2.10 bits per heavy atom. The first kappa shape index (κ1) is 15.0. The number of nitrogens with one attached hydrogen (secondary N) is 1. The van der Waals surface area contributed by atoms with Crippen LogP contribution in [0.5, 0.6) is 0 Å². The predicted molar refractivity (Wildman–Crippen MR) is 80.5 cm³/mol. The third kappa shape index (κ3) is 2.73. The van der Waals surface area contributed by atoms with E-state index in [0.717, 1.165) is 4.88 Å². The molecule has 2 heterocycles. The summed E-state index contributed by atoms with van der Waals surface area (Å²) in [6.45, 7) is 8.47. The Bertz CT molecular complexity index is 510. The van der Waals surface area contributed by atoms with E-state index in [9.17, 15) is 9.59 Å². The Morgan fingerprint density at radius 1 is 1.40 bits per heavy atom. The molecule has 0 aliphatic carbocycles. The van der Waals surface area contributed by atoms with Gasteiger partial charge in [-0.05, 0) is 36.3 Å². The first-order valence-corrected chi connectivity index (χ1v) is 7.97. The molecule has 1 N–H and O–H groups in total. The molecule has 1 aromatic rings. The van der Waals surface area contributed by atoms with E-state index in [4.69, 9.17) is 0 Å². The summed E-state index contributed by atoms with van der Waals surface area (Å²) < 4.78 is 0. The number of piperazine rings is 1.